The van der Waals surface area contributed by atoms with Gasteiger partial charge in [0.1, 0.15) is 0 Å². The molecule has 0 radical (unpaired) electrons. The summed E-state index contributed by atoms with van der Waals surface area (Å²) in [7, 11) is 0. The number of nitriles is 1. The van der Waals surface area contributed by atoms with Crippen molar-refractivity contribution in [1.29, 1.82) is 5.26 Å². The highest BCUT2D eigenvalue weighted by molar-refractivity contribution is 6.14. The smallest absolute Gasteiger partial charge is 0.309 e. The number of fused-ring (bicyclic) bond motifs is 6. The van der Waals surface area contributed by atoms with Gasteiger partial charge in [-0.1, -0.05) is 168 Å². The van der Waals surface area contributed by atoms with E-state index in [9.17, 15) is 5.26 Å². The van der Waals surface area contributed by atoms with Crippen LogP contribution < -0.4 is 0 Å². The molecule has 0 aliphatic carbocycles. The summed E-state index contributed by atoms with van der Waals surface area (Å²) in [4.78, 5) is 0. The van der Waals surface area contributed by atoms with Crippen LogP contribution in [0.15, 0.2) is 224 Å². The van der Waals surface area contributed by atoms with Gasteiger partial charge in [0, 0.05) is 32.7 Å². The number of alkyl halides is 3. The van der Waals surface area contributed by atoms with Crippen LogP contribution in [0.1, 0.15) is 38.9 Å². The number of aromatic nitrogens is 2. The van der Waals surface area contributed by atoms with Crippen molar-refractivity contribution in [3.63, 3.8) is 0 Å². The van der Waals surface area contributed by atoms with Crippen molar-refractivity contribution in [2.75, 3.05) is 0 Å². The first-order valence-electron chi connectivity index (χ1n) is 26.6. The third-order valence-corrected chi connectivity index (χ3v) is 15.7. The van der Waals surface area contributed by atoms with Gasteiger partial charge in [-0.05, 0) is 175 Å². The minimum Gasteiger partial charge on any atom is -0.309 e. The second-order valence-electron chi connectivity index (χ2n) is 21.1. The molecule has 0 aliphatic rings. The Bertz CT molecular complexity index is 4470. The fourth-order valence-electron chi connectivity index (χ4n) is 12.0. The lowest BCUT2D eigenvalue weighted by Crippen LogP contribution is -2.08. The van der Waals surface area contributed by atoms with Gasteiger partial charge in [0.05, 0.1) is 50.6 Å². The van der Waals surface area contributed by atoms with Crippen LogP contribution in [-0.2, 0) is 6.18 Å². The number of hydrogen-bond acceptors (Lipinski definition) is 1. The molecule has 0 bridgehead atoms. The van der Waals surface area contributed by atoms with E-state index in [2.05, 4.69) is 213 Å². The van der Waals surface area contributed by atoms with Crippen molar-refractivity contribution < 1.29 is 13.2 Å². The van der Waals surface area contributed by atoms with E-state index in [1.165, 1.54) is 12.1 Å². The summed E-state index contributed by atoms with van der Waals surface area (Å²) in [6, 6.07) is 78.7. The van der Waals surface area contributed by atoms with E-state index >= 15 is 13.2 Å². The van der Waals surface area contributed by atoms with Crippen LogP contribution in [0.3, 0.4) is 0 Å². The van der Waals surface area contributed by atoms with Crippen LogP contribution in [0.4, 0.5) is 13.2 Å². The summed E-state index contributed by atoms with van der Waals surface area (Å²) >= 11 is 0. The third kappa shape index (κ3) is 8.65. The molecule has 0 saturated heterocycles. The molecule has 0 spiro atoms. The summed E-state index contributed by atoms with van der Waals surface area (Å²) in [5, 5.41) is 14.9. The summed E-state index contributed by atoms with van der Waals surface area (Å²) in [6.45, 7) is 10.1. The maximum atomic E-state index is 15.2. The fourth-order valence-corrected chi connectivity index (χ4v) is 12.0. The van der Waals surface area contributed by atoms with Crippen LogP contribution in [0.5, 0.6) is 0 Å². The molecule has 0 unspecified atom stereocenters. The van der Waals surface area contributed by atoms with Crippen molar-refractivity contribution in [2.45, 2.75) is 40.8 Å². The van der Waals surface area contributed by atoms with Crippen LogP contribution in [0.2, 0.25) is 0 Å². The van der Waals surface area contributed by atoms with Crippen molar-refractivity contribution >= 4 is 43.6 Å². The van der Waals surface area contributed by atoms with Crippen LogP contribution in [0.25, 0.3) is 122 Å². The Morgan fingerprint density at radius 3 is 1.11 bits per heavy atom. The van der Waals surface area contributed by atoms with Crippen molar-refractivity contribution in [3.05, 3.63) is 263 Å². The van der Waals surface area contributed by atoms with Crippen molar-refractivity contribution in [1.82, 2.24) is 9.13 Å². The van der Waals surface area contributed by atoms with E-state index in [1.807, 2.05) is 36.4 Å². The zero-order chi connectivity index (χ0) is 54.3. The first-order chi connectivity index (χ1) is 38.3. The number of aryl methyl sites for hydroxylation is 5. The third-order valence-electron chi connectivity index (χ3n) is 15.7. The zero-order valence-corrected chi connectivity index (χ0v) is 44.3. The Balaban J connectivity index is 1.13. The maximum absolute atomic E-state index is 15.2. The highest BCUT2D eigenvalue weighted by atomic mass is 19.4. The molecule has 79 heavy (non-hydrogen) atoms. The van der Waals surface area contributed by atoms with Crippen LogP contribution >= 0.6 is 0 Å². The highest BCUT2D eigenvalue weighted by Gasteiger charge is 2.35. The normalized spacial score (nSPS) is 11.8. The Morgan fingerprint density at radius 2 is 0.722 bits per heavy atom. The molecule has 2 heterocycles. The topological polar surface area (TPSA) is 33.6 Å². The van der Waals surface area contributed by atoms with E-state index < -0.39 is 11.7 Å². The lowest BCUT2D eigenvalue weighted by Gasteiger charge is -2.21. The quantitative estimate of drug-likeness (QED) is 0.149. The van der Waals surface area contributed by atoms with Gasteiger partial charge in [-0.25, -0.2) is 0 Å². The van der Waals surface area contributed by atoms with E-state index in [0.717, 1.165) is 122 Å². The average molecular weight is 1030 g/mol. The number of halogens is 3. The predicted octanol–water partition coefficient (Wildman–Crippen LogP) is 20.3. The molecule has 6 heteroatoms. The SMILES string of the molecule is Cc1cccc(-c2ccc3c(c2)c2cc(-c4cccc(C)c4)ccc2n3-c2ccc(-c3c(C)cccc3C(F)(F)F)cc2-c2ccc(C#N)cc2-n2c3ccc(-c4cccc(C)c4)cc3c3cc(-c4cccc(C)c4)ccc32)c1. The van der Waals surface area contributed by atoms with Gasteiger partial charge in [0.25, 0.3) is 0 Å². The summed E-state index contributed by atoms with van der Waals surface area (Å²) in [6.07, 6.45) is -4.62. The number of nitrogens with zero attached hydrogens (tertiary/aromatic N) is 3. The molecular formula is C73H52F3N3. The second kappa shape index (κ2) is 19.1. The Labute approximate surface area is 457 Å². The first-order valence-corrected chi connectivity index (χ1v) is 26.6. The standard InChI is InChI=1S/C73H52F3N3/c1-44-11-6-16-50(33-44)54-22-28-67-61(38-54)62-39-55(51-17-7-12-45(2)34-51)23-29-68(62)78(67)66-32-26-58(72-48(5)15-10-20-65(72)73(74,75)76)42-60(66)59-27-21-49(43-77)37-71(59)79-69-30-24-56(52-18-8-13-46(3)35-52)40-63(69)64-41-57(25-31-70(64)79)53-19-9-14-47(4)36-53/h6-42H,1-5H3. The maximum Gasteiger partial charge on any atom is 0.417 e. The van der Waals surface area contributed by atoms with Crippen LogP contribution in [-0.4, -0.2) is 9.13 Å². The van der Waals surface area contributed by atoms with Gasteiger partial charge in [-0.2, -0.15) is 18.4 Å². The fraction of sp³-hybridized carbons (Fsp3) is 0.0822. The number of rotatable bonds is 8. The van der Waals surface area contributed by atoms with Crippen molar-refractivity contribution in [2.24, 2.45) is 0 Å². The molecule has 0 aliphatic heterocycles. The van der Waals surface area contributed by atoms with Gasteiger partial charge in [0.2, 0.25) is 0 Å². The molecule has 0 saturated carbocycles. The van der Waals surface area contributed by atoms with E-state index in [-0.39, 0.29) is 5.56 Å². The monoisotopic (exact) mass is 1030 g/mol. The zero-order valence-electron chi connectivity index (χ0n) is 44.3. The summed E-state index contributed by atoms with van der Waals surface area (Å²) < 4.78 is 50.2. The Hall–Kier alpha value is -9.70. The molecule has 3 nitrogen and oxygen atoms in total. The first kappa shape index (κ1) is 48.9. The van der Waals surface area contributed by atoms with Gasteiger partial charge in [0.15, 0.2) is 0 Å². The van der Waals surface area contributed by atoms with Gasteiger partial charge in [-0.3, -0.25) is 0 Å². The molecule has 13 rings (SSSR count). The molecule has 13 aromatic rings. The average Bonchev–Trinajstić information content (AvgIpc) is 4.02. The number of hydrogen-bond donors (Lipinski definition) is 0. The van der Waals surface area contributed by atoms with E-state index in [1.54, 1.807) is 13.0 Å². The van der Waals surface area contributed by atoms with Crippen LogP contribution in [0, 0.1) is 45.9 Å². The molecule has 2 aromatic heterocycles. The van der Waals surface area contributed by atoms with E-state index in [0.29, 0.717) is 27.9 Å². The van der Waals surface area contributed by atoms with E-state index in [4.69, 9.17) is 0 Å². The minimum absolute atomic E-state index is 0.120. The molecule has 0 fully saturated rings. The summed E-state index contributed by atoms with van der Waals surface area (Å²) in [5.41, 5.74) is 20.8. The molecule has 0 N–H and O–H groups in total. The number of benzene rings is 11. The lowest BCUT2D eigenvalue weighted by atomic mass is 9.90. The van der Waals surface area contributed by atoms with Gasteiger partial charge >= 0.3 is 6.18 Å². The Morgan fingerprint density at radius 1 is 0.342 bits per heavy atom. The van der Waals surface area contributed by atoms with Gasteiger partial charge < -0.3 is 9.13 Å². The molecule has 0 amide bonds. The van der Waals surface area contributed by atoms with Gasteiger partial charge in [-0.15, -0.1) is 0 Å². The highest BCUT2D eigenvalue weighted by Crippen LogP contribution is 2.47. The molecular weight excluding hydrogens is 976 g/mol. The second-order valence-corrected chi connectivity index (χ2v) is 21.1. The Kier molecular flexibility index (Phi) is 11.8. The summed E-state index contributed by atoms with van der Waals surface area (Å²) in [5.74, 6) is 0. The van der Waals surface area contributed by atoms with Crippen molar-refractivity contribution in [3.8, 4) is 84.2 Å². The predicted molar refractivity (Wildman–Crippen MR) is 321 cm³/mol. The molecule has 0 atom stereocenters. The lowest BCUT2D eigenvalue weighted by molar-refractivity contribution is -0.137. The molecule has 11 aromatic carbocycles. The largest absolute Gasteiger partial charge is 0.417 e. The molecule has 380 valence electrons. The minimum atomic E-state index is -4.62.